The largest absolute Gasteiger partial charge is 0.494 e. The first-order valence-corrected chi connectivity index (χ1v) is 9.49. The average Bonchev–Trinajstić information content (AvgIpc) is 3.20. The number of hydrogen-bond donors (Lipinski definition) is 2. The van der Waals surface area contributed by atoms with Crippen LogP contribution in [0.3, 0.4) is 0 Å². The lowest BCUT2D eigenvalue weighted by Gasteiger charge is -2.13. The van der Waals surface area contributed by atoms with Gasteiger partial charge in [-0.25, -0.2) is 4.99 Å². The molecule has 0 amide bonds. The molecule has 2 N–H and O–H groups in total. The van der Waals surface area contributed by atoms with Gasteiger partial charge in [-0.05, 0) is 32.0 Å². The van der Waals surface area contributed by atoms with Crippen LogP contribution in [0.1, 0.15) is 25.2 Å². The van der Waals surface area contributed by atoms with Gasteiger partial charge in [0, 0.05) is 17.8 Å². The van der Waals surface area contributed by atoms with Crippen molar-refractivity contribution >= 4 is 29.9 Å². The zero-order chi connectivity index (χ0) is 19.6. The maximum absolute atomic E-state index is 5.68. The number of benzene rings is 2. The molecule has 29 heavy (non-hydrogen) atoms. The van der Waals surface area contributed by atoms with Gasteiger partial charge in [-0.1, -0.05) is 36.4 Å². The van der Waals surface area contributed by atoms with Crippen LogP contribution in [-0.4, -0.2) is 33.9 Å². The molecule has 1 aromatic heterocycles. The van der Waals surface area contributed by atoms with Gasteiger partial charge in [0.15, 0.2) is 11.8 Å². The molecule has 0 atom stereocenters. The van der Waals surface area contributed by atoms with Gasteiger partial charge in [-0.15, -0.1) is 34.2 Å². The number of para-hydroxylation sites is 2. The van der Waals surface area contributed by atoms with E-state index in [0.29, 0.717) is 19.7 Å². The van der Waals surface area contributed by atoms with Crippen molar-refractivity contribution in [3.05, 3.63) is 72.3 Å². The van der Waals surface area contributed by atoms with E-state index in [9.17, 15) is 0 Å². The van der Waals surface area contributed by atoms with Crippen molar-refractivity contribution in [1.82, 2.24) is 25.4 Å². The molecule has 3 rings (SSSR count). The quantitative estimate of drug-likeness (QED) is 0.278. The third-order valence-electron chi connectivity index (χ3n) is 4.09. The predicted octanol–water partition coefficient (Wildman–Crippen LogP) is 3.54. The van der Waals surface area contributed by atoms with Crippen molar-refractivity contribution in [1.29, 1.82) is 0 Å². The number of halogens is 1. The fraction of sp³-hybridized carbons (Fsp3) is 0.286. The molecule has 3 aromatic rings. The molecule has 0 aliphatic heterocycles. The summed E-state index contributed by atoms with van der Waals surface area (Å²) in [4.78, 5) is 4.69. The summed E-state index contributed by atoms with van der Waals surface area (Å²) < 4.78 is 7.64. The molecular formula is C21H27IN6O. The Morgan fingerprint density at radius 1 is 1.03 bits per heavy atom. The standard InChI is InChI=1S/C21H26N6O.HI/c1-3-22-21(23-14-17-10-8-9-13-19(17)28-4-2)24-15-20-26-25-16-27(20)18-11-6-5-7-12-18;/h5-13,16H,3-4,14-15H2,1-2H3,(H2,22,23,24);1H. The van der Waals surface area contributed by atoms with Crippen LogP contribution in [0.4, 0.5) is 0 Å². The van der Waals surface area contributed by atoms with Gasteiger partial charge in [0.25, 0.3) is 0 Å². The lowest BCUT2D eigenvalue weighted by atomic mass is 10.2. The van der Waals surface area contributed by atoms with Crippen LogP contribution < -0.4 is 15.4 Å². The average molecular weight is 506 g/mol. The zero-order valence-corrected chi connectivity index (χ0v) is 19.0. The van der Waals surface area contributed by atoms with E-state index in [0.717, 1.165) is 35.3 Å². The Balaban J connectivity index is 0.00000300. The Hall–Kier alpha value is -2.62. The predicted molar refractivity (Wildman–Crippen MR) is 126 cm³/mol. The monoisotopic (exact) mass is 506 g/mol. The van der Waals surface area contributed by atoms with E-state index in [1.54, 1.807) is 6.33 Å². The number of aromatic nitrogens is 3. The summed E-state index contributed by atoms with van der Waals surface area (Å²) in [5.41, 5.74) is 2.07. The van der Waals surface area contributed by atoms with Crippen LogP contribution in [0.5, 0.6) is 5.75 Å². The molecule has 2 aromatic carbocycles. The number of nitrogens with one attached hydrogen (secondary N) is 2. The van der Waals surface area contributed by atoms with Gasteiger partial charge >= 0.3 is 0 Å². The lowest BCUT2D eigenvalue weighted by molar-refractivity contribution is 0.336. The first-order valence-electron chi connectivity index (χ1n) is 9.49. The van der Waals surface area contributed by atoms with Crippen LogP contribution in [0.2, 0.25) is 0 Å². The van der Waals surface area contributed by atoms with Gasteiger partial charge in [0.1, 0.15) is 12.1 Å². The zero-order valence-electron chi connectivity index (χ0n) is 16.7. The Bertz CT molecular complexity index is 897. The third-order valence-corrected chi connectivity index (χ3v) is 4.09. The van der Waals surface area contributed by atoms with E-state index in [1.165, 1.54) is 0 Å². The van der Waals surface area contributed by atoms with Gasteiger partial charge in [-0.3, -0.25) is 4.57 Å². The molecular weight excluding hydrogens is 479 g/mol. The summed E-state index contributed by atoms with van der Waals surface area (Å²) in [6, 6.07) is 18.0. The molecule has 0 aliphatic carbocycles. The Labute approximate surface area is 188 Å². The molecule has 0 fully saturated rings. The van der Waals surface area contributed by atoms with E-state index < -0.39 is 0 Å². The normalized spacial score (nSPS) is 10.9. The number of guanidine groups is 1. The summed E-state index contributed by atoms with van der Waals surface area (Å²) in [7, 11) is 0. The fourth-order valence-corrected chi connectivity index (χ4v) is 2.78. The first-order chi connectivity index (χ1) is 13.8. The molecule has 8 heteroatoms. The van der Waals surface area contributed by atoms with Gasteiger partial charge in [-0.2, -0.15) is 0 Å². The number of aliphatic imine (C=N–C) groups is 1. The van der Waals surface area contributed by atoms with E-state index in [4.69, 9.17) is 4.74 Å². The minimum atomic E-state index is 0. The summed E-state index contributed by atoms with van der Waals surface area (Å²) in [5.74, 6) is 2.40. The maximum Gasteiger partial charge on any atom is 0.191 e. The van der Waals surface area contributed by atoms with Crippen molar-refractivity contribution in [2.75, 3.05) is 13.2 Å². The summed E-state index contributed by atoms with van der Waals surface area (Å²) in [6.45, 7) is 6.45. The van der Waals surface area contributed by atoms with Gasteiger partial charge < -0.3 is 15.4 Å². The SMILES string of the molecule is CCNC(=NCc1ccccc1OCC)NCc1nncn1-c1ccccc1.I. The number of nitrogens with zero attached hydrogens (tertiary/aromatic N) is 4. The van der Waals surface area contributed by atoms with Crippen LogP contribution in [-0.2, 0) is 13.1 Å². The summed E-state index contributed by atoms with van der Waals surface area (Å²) in [6.07, 6.45) is 1.72. The minimum Gasteiger partial charge on any atom is -0.494 e. The van der Waals surface area contributed by atoms with Crippen LogP contribution in [0.15, 0.2) is 65.9 Å². The Kier molecular flexibility index (Phi) is 9.42. The highest BCUT2D eigenvalue weighted by Gasteiger charge is 2.08. The van der Waals surface area contributed by atoms with Gasteiger partial charge in [0.05, 0.1) is 19.7 Å². The van der Waals surface area contributed by atoms with E-state index >= 15 is 0 Å². The Morgan fingerprint density at radius 2 is 1.79 bits per heavy atom. The second-order valence-corrected chi connectivity index (χ2v) is 6.04. The second kappa shape index (κ2) is 12.1. The van der Waals surface area contributed by atoms with Crippen molar-refractivity contribution in [2.45, 2.75) is 26.9 Å². The summed E-state index contributed by atoms with van der Waals surface area (Å²) in [5, 5.41) is 14.9. The lowest BCUT2D eigenvalue weighted by Crippen LogP contribution is -2.37. The van der Waals surface area contributed by atoms with E-state index in [1.807, 2.05) is 73.0 Å². The van der Waals surface area contributed by atoms with Crippen LogP contribution >= 0.6 is 24.0 Å². The first kappa shape index (κ1) is 22.7. The van der Waals surface area contributed by atoms with Crippen LogP contribution in [0, 0.1) is 0 Å². The van der Waals surface area contributed by atoms with E-state index in [-0.39, 0.29) is 24.0 Å². The fourth-order valence-electron chi connectivity index (χ4n) is 2.78. The molecule has 7 nitrogen and oxygen atoms in total. The molecule has 0 radical (unpaired) electrons. The number of ether oxygens (including phenoxy) is 1. The van der Waals surface area contributed by atoms with Crippen molar-refractivity contribution in [2.24, 2.45) is 4.99 Å². The molecule has 0 saturated heterocycles. The third kappa shape index (κ3) is 6.45. The highest BCUT2D eigenvalue weighted by atomic mass is 127. The van der Waals surface area contributed by atoms with Crippen molar-refractivity contribution in [3.63, 3.8) is 0 Å². The topological polar surface area (TPSA) is 76.4 Å². The highest BCUT2D eigenvalue weighted by molar-refractivity contribution is 14.0. The minimum absolute atomic E-state index is 0. The molecule has 0 aliphatic rings. The Morgan fingerprint density at radius 3 is 2.55 bits per heavy atom. The van der Waals surface area contributed by atoms with Gasteiger partial charge in [0.2, 0.25) is 0 Å². The maximum atomic E-state index is 5.68. The molecule has 0 unspecified atom stereocenters. The second-order valence-electron chi connectivity index (χ2n) is 6.04. The number of rotatable bonds is 8. The highest BCUT2D eigenvalue weighted by Crippen LogP contribution is 2.18. The molecule has 0 bridgehead atoms. The number of hydrogen-bond acceptors (Lipinski definition) is 4. The van der Waals surface area contributed by atoms with Crippen LogP contribution in [0.25, 0.3) is 5.69 Å². The van der Waals surface area contributed by atoms with Crippen molar-refractivity contribution in [3.8, 4) is 11.4 Å². The molecule has 1 heterocycles. The summed E-state index contributed by atoms with van der Waals surface area (Å²) >= 11 is 0. The van der Waals surface area contributed by atoms with Crippen molar-refractivity contribution < 1.29 is 4.74 Å². The molecule has 0 spiro atoms. The molecule has 154 valence electrons. The smallest absolute Gasteiger partial charge is 0.191 e. The van der Waals surface area contributed by atoms with E-state index in [2.05, 4.69) is 25.8 Å². The molecule has 0 saturated carbocycles.